The van der Waals surface area contributed by atoms with Gasteiger partial charge in [-0.15, -0.1) is 0 Å². The van der Waals surface area contributed by atoms with Crippen molar-refractivity contribution >= 4 is 23.4 Å². The van der Waals surface area contributed by atoms with E-state index in [1.54, 1.807) is 18.2 Å². The zero-order valence-corrected chi connectivity index (χ0v) is 20.3. The highest BCUT2D eigenvalue weighted by Crippen LogP contribution is 2.32. The number of nitrogen functional groups attached to an aromatic ring is 1. The van der Waals surface area contributed by atoms with Gasteiger partial charge in [0.05, 0.1) is 11.9 Å². The number of nitrogens with one attached hydrogen (secondary N) is 4. The van der Waals surface area contributed by atoms with E-state index < -0.39 is 0 Å². The fourth-order valence-electron chi connectivity index (χ4n) is 4.25. The van der Waals surface area contributed by atoms with Crippen LogP contribution in [0.1, 0.15) is 28.9 Å². The van der Waals surface area contributed by atoms with E-state index in [-0.39, 0.29) is 36.0 Å². The molecule has 5 rings (SSSR count). The highest BCUT2D eigenvalue weighted by molar-refractivity contribution is 5.97. The van der Waals surface area contributed by atoms with Gasteiger partial charge in [0.25, 0.3) is 5.91 Å². The summed E-state index contributed by atoms with van der Waals surface area (Å²) in [6.45, 7) is 2.94. The van der Waals surface area contributed by atoms with Crippen LogP contribution in [0.3, 0.4) is 0 Å². The second kappa shape index (κ2) is 11.1. The number of fused-ring (bicyclic) bond motifs is 1. The van der Waals surface area contributed by atoms with Gasteiger partial charge in [-0.3, -0.25) is 4.79 Å². The van der Waals surface area contributed by atoms with Crippen LogP contribution in [0.5, 0.6) is 11.5 Å². The van der Waals surface area contributed by atoms with Crippen LogP contribution in [-0.4, -0.2) is 54.3 Å². The maximum atomic E-state index is 12.8. The summed E-state index contributed by atoms with van der Waals surface area (Å²) in [7, 11) is 0. The Balaban J connectivity index is 1.22. The van der Waals surface area contributed by atoms with Crippen molar-refractivity contribution < 1.29 is 19.1 Å². The highest BCUT2D eigenvalue weighted by Gasteiger charge is 2.20. The molecule has 6 N–H and O–H groups in total. The van der Waals surface area contributed by atoms with Crippen LogP contribution in [0.25, 0.3) is 11.3 Å². The lowest BCUT2D eigenvalue weighted by molar-refractivity contribution is 0.0926. The summed E-state index contributed by atoms with van der Waals surface area (Å²) < 4.78 is 11.1. The van der Waals surface area contributed by atoms with Gasteiger partial charge in [0.2, 0.25) is 0 Å². The Morgan fingerprint density at radius 3 is 2.81 bits per heavy atom. The summed E-state index contributed by atoms with van der Waals surface area (Å²) in [6, 6.07) is 12.4. The molecule has 1 atom stereocenters. The lowest BCUT2D eigenvalue weighted by atomic mass is 10.1. The molecule has 2 aliphatic heterocycles. The van der Waals surface area contributed by atoms with E-state index in [2.05, 4.69) is 31.2 Å². The van der Waals surface area contributed by atoms with Gasteiger partial charge in [0.15, 0.2) is 23.0 Å². The zero-order valence-electron chi connectivity index (χ0n) is 20.3. The van der Waals surface area contributed by atoms with Crippen LogP contribution < -0.4 is 36.5 Å². The number of rotatable bonds is 6. The number of anilines is 2. The summed E-state index contributed by atoms with van der Waals surface area (Å²) in [5, 5.41) is 11.9. The number of carbonyl (C=O) groups excluding carboxylic acids is 2. The number of nitrogens with zero attached hydrogens (tertiary/aromatic N) is 2. The molecule has 0 radical (unpaired) electrons. The van der Waals surface area contributed by atoms with Gasteiger partial charge in [-0.05, 0) is 43.1 Å². The Morgan fingerprint density at radius 1 is 1.11 bits per heavy atom. The molecule has 11 heteroatoms. The SMILES string of the molecule is Nc1ncc(-c2cccc(CNC(=O)Nc3ccc4c(c3)OCCO4)c2)nc1C(=O)N[C@H]1CCCNC1. The smallest absolute Gasteiger partial charge is 0.319 e. The molecule has 0 aliphatic carbocycles. The minimum Gasteiger partial charge on any atom is -0.486 e. The molecule has 3 amide bonds. The third-order valence-corrected chi connectivity index (χ3v) is 6.12. The van der Waals surface area contributed by atoms with Crippen molar-refractivity contribution in [3.8, 4) is 22.8 Å². The van der Waals surface area contributed by atoms with Gasteiger partial charge >= 0.3 is 6.03 Å². The van der Waals surface area contributed by atoms with Crippen molar-refractivity contribution in [3.05, 3.63) is 59.9 Å². The van der Waals surface area contributed by atoms with E-state index in [1.807, 2.05) is 24.3 Å². The Labute approximate surface area is 214 Å². The largest absolute Gasteiger partial charge is 0.486 e. The van der Waals surface area contributed by atoms with E-state index in [4.69, 9.17) is 15.2 Å². The monoisotopic (exact) mass is 503 g/mol. The number of aromatic nitrogens is 2. The predicted molar refractivity (Wildman–Crippen MR) is 139 cm³/mol. The second-order valence-corrected chi connectivity index (χ2v) is 8.87. The number of ether oxygens (including phenoxy) is 2. The molecule has 0 spiro atoms. The Kier molecular flexibility index (Phi) is 7.31. The molecule has 0 bridgehead atoms. The Hall–Kier alpha value is -4.38. The van der Waals surface area contributed by atoms with Crippen LogP contribution in [0.15, 0.2) is 48.7 Å². The first kappa shape index (κ1) is 24.3. The number of carbonyl (C=O) groups is 2. The molecule has 1 aromatic heterocycles. The number of benzene rings is 2. The summed E-state index contributed by atoms with van der Waals surface area (Å²) in [6.07, 6.45) is 3.44. The van der Waals surface area contributed by atoms with Crippen molar-refractivity contribution in [3.63, 3.8) is 0 Å². The van der Waals surface area contributed by atoms with Crippen molar-refractivity contribution in [1.29, 1.82) is 0 Å². The fourth-order valence-corrected chi connectivity index (χ4v) is 4.25. The molecule has 2 aliphatic rings. The fraction of sp³-hybridized carbons (Fsp3) is 0.308. The van der Waals surface area contributed by atoms with Crippen molar-refractivity contribution in [2.45, 2.75) is 25.4 Å². The molecular weight excluding hydrogens is 474 g/mol. The van der Waals surface area contributed by atoms with E-state index in [9.17, 15) is 9.59 Å². The van der Waals surface area contributed by atoms with Crippen LogP contribution in [0, 0.1) is 0 Å². The normalized spacial score (nSPS) is 16.5. The van der Waals surface area contributed by atoms with Crippen LogP contribution in [0.4, 0.5) is 16.3 Å². The molecule has 3 aromatic rings. The standard InChI is InChI=1S/C26H29N7O4/c27-24-23(25(34)31-19-5-2-8-28-14-19)33-20(15-29-24)17-4-1-3-16(11-17)13-30-26(35)32-18-6-7-21-22(12-18)37-10-9-36-21/h1,3-4,6-7,11-12,15,19,28H,2,5,8-10,13-14H2,(H2,27,29)(H,31,34)(H2,30,32,35)/t19-/m0/s1. The maximum Gasteiger partial charge on any atom is 0.319 e. The van der Waals surface area contributed by atoms with Gasteiger partial charge in [0.1, 0.15) is 13.2 Å². The first-order valence-corrected chi connectivity index (χ1v) is 12.2. The molecule has 37 heavy (non-hydrogen) atoms. The van der Waals surface area contributed by atoms with E-state index in [0.717, 1.165) is 37.1 Å². The van der Waals surface area contributed by atoms with Crippen molar-refractivity contribution in [2.75, 3.05) is 37.4 Å². The van der Waals surface area contributed by atoms with Crippen LogP contribution in [0.2, 0.25) is 0 Å². The summed E-state index contributed by atoms with van der Waals surface area (Å²) >= 11 is 0. The Morgan fingerprint density at radius 2 is 1.97 bits per heavy atom. The highest BCUT2D eigenvalue weighted by atomic mass is 16.6. The van der Waals surface area contributed by atoms with Gasteiger partial charge < -0.3 is 36.5 Å². The first-order chi connectivity index (χ1) is 18.0. The van der Waals surface area contributed by atoms with Crippen molar-refractivity contribution in [1.82, 2.24) is 25.9 Å². The second-order valence-electron chi connectivity index (χ2n) is 8.87. The maximum absolute atomic E-state index is 12.8. The number of hydrogen-bond donors (Lipinski definition) is 5. The lowest BCUT2D eigenvalue weighted by Crippen LogP contribution is -2.46. The molecule has 2 aromatic carbocycles. The molecule has 1 fully saturated rings. The van der Waals surface area contributed by atoms with Gasteiger partial charge in [0, 0.05) is 36.4 Å². The lowest BCUT2D eigenvalue weighted by Gasteiger charge is -2.23. The molecule has 0 unspecified atom stereocenters. The zero-order chi connectivity index (χ0) is 25.6. The first-order valence-electron chi connectivity index (χ1n) is 12.2. The third kappa shape index (κ3) is 6.07. The minimum absolute atomic E-state index is 0.0359. The minimum atomic E-state index is -0.356. The topological polar surface area (TPSA) is 153 Å². The molecule has 0 saturated carbocycles. The average Bonchev–Trinajstić information content (AvgIpc) is 2.93. The van der Waals surface area contributed by atoms with Crippen LogP contribution in [-0.2, 0) is 6.54 Å². The summed E-state index contributed by atoms with van der Waals surface area (Å²) in [4.78, 5) is 33.9. The molecule has 1 saturated heterocycles. The number of amides is 3. The number of urea groups is 1. The number of piperidine rings is 1. The molecule has 3 heterocycles. The Bertz CT molecular complexity index is 1290. The average molecular weight is 504 g/mol. The summed E-state index contributed by atoms with van der Waals surface area (Å²) in [5.41, 5.74) is 8.80. The predicted octanol–water partition coefficient (Wildman–Crippen LogP) is 2.30. The van der Waals surface area contributed by atoms with E-state index in [1.165, 1.54) is 6.20 Å². The van der Waals surface area contributed by atoms with Gasteiger partial charge in [-0.25, -0.2) is 14.8 Å². The molecule has 192 valence electrons. The molecular formula is C26H29N7O4. The summed E-state index contributed by atoms with van der Waals surface area (Å²) in [5.74, 6) is 1.00. The van der Waals surface area contributed by atoms with Crippen LogP contribution >= 0.6 is 0 Å². The third-order valence-electron chi connectivity index (χ3n) is 6.12. The van der Waals surface area contributed by atoms with E-state index in [0.29, 0.717) is 36.1 Å². The van der Waals surface area contributed by atoms with E-state index >= 15 is 0 Å². The number of hydrogen-bond acceptors (Lipinski definition) is 8. The molecule has 11 nitrogen and oxygen atoms in total. The van der Waals surface area contributed by atoms with Gasteiger partial charge in [-0.1, -0.05) is 18.2 Å². The van der Waals surface area contributed by atoms with Crippen molar-refractivity contribution in [2.24, 2.45) is 0 Å². The number of nitrogens with two attached hydrogens (primary N) is 1. The quantitative estimate of drug-likeness (QED) is 0.344. The van der Waals surface area contributed by atoms with Gasteiger partial charge in [-0.2, -0.15) is 0 Å².